The predicted molar refractivity (Wildman–Crippen MR) is 75.6 cm³/mol. The molecule has 2 N–H and O–H groups in total. The molecule has 1 aromatic carbocycles. The zero-order valence-corrected chi connectivity index (χ0v) is 12.6. The first-order valence-electron chi connectivity index (χ1n) is 6.22. The Morgan fingerprint density at radius 2 is 2.05 bits per heavy atom. The maximum Gasteiger partial charge on any atom is 0.416 e. The number of hydrogen-bond donors (Lipinski definition) is 2. The van der Waals surface area contributed by atoms with Gasteiger partial charge in [-0.1, -0.05) is 13.3 Å². The van der Waals surface area contributed by atoms with Gasteiger partial charge >= 0.3 is 6.18 Å². The Morgan fingerprint density at radius 1 is 1.35 bits per heavy atom. The van der Waals surface area contributed by atoms with Crippen molar-refractivity contribution in [2.24, 2.45) is 0 Å². The highest BCUT2D eigenvalue weighted by atomic mass is 79.9. The van der Waals surface area contributed by atoms with Crippen molar-refractivity contribution in [1.29, 1.82) is 0 Å². The maximum absolute atomic E-state index is 12.6. The van der Waals surface area contributed by atoms with Gasteiger partial charge in [0, 0.05) is 16.7 Å². The Morgan fingerprint density at radius 3 is 2.65 bits per heavy atom. The number of benzene rings is 1. The molecule has 0 aliphatic carbocycles. The summed E-state index contributed by atoms with van der Waals surface area (Å²) in [6.07, 6.45) is -2.56. The van der Waals surface area contributed by atoms with Crippen LogP contribution < -0.4 is 10.6 Å². The average molecular weight is 353 g/mol. The third kappa shape index (κ3) is 5.40. The van der Waals surface area contributed by atoms with Gasteiger partial charge in [-0.3, -0.25) is 4.79 Å². The van der Waals surface area contributed by atoms with Crippen molar-refractivity contribution in [3.63, 3.8) is 0 Å². The van der Waals surface area contributed by atoms with E-state index in [-0.39, 0.29) is 18.1 Å². The van der Waals surface area contributed by atoms with E-state index in [4.69, 9.17) is 0 Å². The first-order valence-corrected chi connectivity index (χ1v) is 7.01. The second kappa shape index (κ2) is 7.52. The third-order valence-corrected chi connectivity index (χ3v) is 3.28. The summed E-state index contributed by atoms with van der Waals surface area (Å²) in [5.41, 5.74) is -0.514. The van der Waals surface area contributed by atoms with Gasteiger partial charge in [0.25, 0.3) is 0 Å². The lowest BCUT2D eigenvalue weighted by Gasteiger charge is -2.12. The van der Waals surface area contributed by atoms with Crippen molar-refractivity contribution in [2.45, 2.75) is 25.9 Å². The van der Waals surface area contributed by atoms with Crippen molar-refractivity contribution >= 4 is 27.5 Å². The molecule has 0 aromatic heterocycles. The van der Waals surface area contributed by atoms with E-state index in [1.54, 1.807) is 0 Å². The van der Waals surface area contributed by atoms with Crippen LogP contribution >= 0.6 is 15.9 Å². The number of hydrogen-bond acceptors (Lipinski definition) is 2. The fourth-order valence-corrected chi connectivity index (χ4v) is 1.87. The average Bonchev–Trinajstić information content (AvgIpc) is 2.36. The number of unbranched alkanes of at least 4 members (excludes halogenated alkanes) is 1. The van der Waals surface area contributed by atoms with Crippen LogP contribution in [0.5, 0.6) is 0 Å². The summed E-state index contributed by atoms with van der Waals surface area (Å²) in [6.45, 7) is 2.51. The number of carbonyl (C=O) groups is 1. The zero-order chi connectivity index (χ0) is 15.2. The van der Waals surface area contributed by atoms with Gasteiger partial charge in [0.2, 0.25) is 5.91 Å². The third-order valence-electron chi connectivity index (χ3n) is 2.59. The zero-order valence-electron chi connectivity index (χ0n) is 11.0. The van der Waals surface area contributed by atoms with Gasteiger partial charge < -0.3 is 10.6 Å². The minimum absolute atomic E-state index is 0.0658. The minimum Gasteiger partial charge on any atom is -0.375 e. The molecule has 112 valence electrons. The summed E-state index contributed by atoms with van der Waals surface area (Å²) < 4.78 is 38.2. The summed E-state index contributed by atoms with van der Waals surface area (Å²) in [5.74, 6) is -0.247. The normalized spacial score (nSPS) is 11.2. The van der Waals surface area contributed by atoms with Crippen LogP contribution in [0.2, 0.25) is 0 Å². The summed E-state index contributed by atoms with van der Waals surface area (Å²) in [6, 6.07) is 3.26. The number of halogens is 4. The summed E-state index contributed by atoms with van der Waals surface area (Å²) in [7, 11) is 0. The van der Waals surface area contributed by atoms with Crippen LogP contribution in [-0.4, -0.2) is 19.0 Å². The van der Waals surface area contributed by atoms with E-state index in [9.17, 15) is 18.0 Å². The number of nitrogens with one attached hydrogen (secondary N) is 2. The highest BCUT2D eigenvalue weighted by molar-refractivity contribution is 9.10. The number of amides is 1. The molecular weight excluding hydrogens is 337 g/mol. The van der Waals surface area contributed by atoms with Crippen LogP contribution in [0.15, 0.2) is 22.7 Å². The molecule has 0 fully saturated rings. The second-order valence-corrected chi connectivity index (χ2v) is 5.10. The molecule has 20 heavy (non-hydrogen) atoms. The van der Waals surface area contributed by atoms with E-state index in [1.165, 1.54) is 6.07 Å². The molecule has 0 radical (unpaired) electrons. The van der Waals surface area contributed by atoms with Crippen molar-refractivity contribution in [1.82, 2.24) is 5.32 Å². The predicted octanol–water partition coefficient (Wildman–Crippen LogP) is 3.80. The van der Waals surface area contributed by atoms with E-state index in [1.807, 2.05) is 6.92 Å². The van der Waals surface area contributed by atoms with Gasteiger partial charge in [-0.05, 0) is 40.5 Å². The van der Waals surface area contributed by atoms with Gasteiger partial charge in [0.1, 0.15) is 0 Å². The molecule has 0 atom stereocenters. The molecule has 0 bridgehead atoms. The molecule has 0 unspecified atom stereocenters. The molecule has 0 aliphatic rings. The summed E-state index contributed by atoms with van der Waals surface area (Å²) in [4.78, 5) is 11.5. The van der Waals surface area contributed by atoms with Gasteiger partial charge in [-0.2, -0.15) is 13.2 Å². The van der Waals surface area contributed by atoms with Crippen LogP contribution in [0, 0.1) is 0 Å². The van der Waals surface area contributed by atoms with E-state index in [0.717, 1.165) is 25.0 Å². The fraction of sp³-hybridized carbons (Fsp3) is 0.462. The van der Waals surface area contributed by atoms with E-state index < -0.39 is 11.7 Å². The molecule has 7 heteroatoms. The van der Waals surface area contributed by atoms with Crippen LogP contribution in [0.3, 0.4) is 0 Å². The highest BCUT2D eigenvalue weighted by Crippen LogP contribution is 2.33. The molecule has 0 saturated heterocycles. The monoisotopic (exact) mass is 352 g/mol. The quantitative estimate of drug-likeness (QED) is 0.764. The Labute approximate surface area is 124 Å². The van der Waals surface area contributed by atoms with Crippen molar-refractivity contribution in [2.75, 3.05) is 18.4 Å². The maximum atomic E-state index is 12.6. The number of carbonyl (C=O) groups excluding carboxylic acids is 1. The van der Waals surface area contributed by atoms with E-state index in [2.05, 4.69) is 26.6 Å². The number of alkyl halides is 3. The van der Waals surface area contributed by atoms with Gasteiger partial charge in [-0.25, -0.2) is 0 Å². The SMILES string of the molecule is CCCCNC(=O)CNc1cc(C(F)(F)F)ccc1Br. The Bertz CT molecular complexity index is 463. The minimum atomic E-state index is -4.40. The molecule has 3 nitrogen and oxygen atoms in total. The Kier molecular flexibility index (Phi) is 6.32. The second-order valence-electron chi connectivity index (χ2n) is 4.25. The largest absolute Gasteiger partial charge is 0.416 e. The van der Waals surface area contributed by atoms with E-state index >= 15 is 0 Å². The lowest BCUT2D eigenvalue weighted by Crippen LogP contribution is -2.30. The Balaban J connectivity index is 2.61. The smallest absolute Gasteiger partial charge is 0.375 e. The molecule has 0 spiro atoms. The molecular formula is C13H16BrF3N2O. The number of rotatable bonds is 6. The summed E-state index contributed by atoms with van der Waals surface area (Å²) >= 11 is 3.15. The van der Waals surface area contributed by atoms with Crippen molar-refractivity contribution < 1.29 is 18.0 Å². The fourth-order valence-electron chi connectivity index (χ4n) is 1.48. The first kappa shape index (κ1) is 16.8. The van der Waals surface area contributed by atoms with Gasteiger partial charge in [0.15, 0.2) is 0 Å². The van der Waals surface area contributed by atoms with Crippen molar-refractivity contribution in [3.05, 3.63) is 28.2 Å². The molecule has 0 saturated carbocycles. The van der Waals surface area contributed by atoms with E-state index in [0.29, 0.717) is 11.0 Å². The van der Waals surface area contributed by atoms with Gasteiger partial charge in [-0.15, -0.1) is 0 Å². The molecule has 0 aliphatic heterocycles. The topological polar surface area (TPSA) is 41.1 Å². The van der Waals surface area contributed by atoms with Crippen LogP contribution in [0.25, 0.3) is 0 Å². The van der Waals surface area contributed by atoms with Crippen LogP contribution in [0.1, 0.15) is 25.3 Å². The van der Waals surface area contributed by atoms with Gasteiger partial charge in [0.05, 0.1) is 12.1 Å². The lowest BCUT2D eigenvalue weighted by molar-refractivity contribution is -0.137. The highest BCUT2D eigenvalue weighted by Gasteiger charge is 2.30. The number of anilines is 1. The lowest BCUT2D eigenvalue weighted by atomic mass is 10.2. The van der Waals surface area contributed by atoms with Crippen LogP contribution in [-0.2, 0) is 11.0 Å². The standard InChI is InChI=1S/C13H16BrF3N2O/c1-2-3-6-18-12(20)8-19-11-7-9(13(15,16)17)4-5-10(11)14/h4-5,7,19H,2-3,6,8H2,1H3,(H,18,20). The van der Waals surface area contributed by atoms with Crippen molar-refractivity contribution in [3.8, 4) is 0 Å². The molecule has 1 amide bonds. The summed E-state index contributed by atoms with van der Waals surface area (Å²) in [5, 5.41) is 5.37. The Hall–Kier alpha value is -1.24. The molecule has 1 aromatic rings. The molecule has 0 heterocycles. The first-order chi connectivity index (χ1) is 9.34. The molecule has 1 rings (SSSR count). The van der Waals surface area contributed by atoms with Crippen LogP contribution in [0.4, 0.5) is 18.9 Å².